The van der Waals surface area contributed by atoms with Gasteiger partial charge in [-0.15, -0.1) is 0 Å². The lowest BCUT2D eigenvalue weighted by Crippen LogP contribution is -2.49. The van der Waals surface area contributed by atoms with Crippen LogP contribution in [0.15, 0.2) is 12.3 Å². The molecule has 9 heteroatoms. The Hall–Kier alpha value is -2.03. The van der Waals surface area contributed by atoms with Crippen LogP contribution in [-0.2, 0) is 12.8 Å². The number of nitrogens with zero attached hydrogens (tertiary/aromatic N) is 3. The van der Waals surface area contributed by atoms with Gasteiger partial charge in [0.1, 0.15) is 5.82 Å². The first-order valence-electron chi connectivity index (χ1n) is 6.22. The third-order valence-electron chi connectivity index (χ3n) is 3.26. The Morgan fingerprint density at radius 2 is 1.90 bits per heavy atom. The maximum Gasteiger partial charge on any atom is 0.419 e. The molecule has 116 valence electrons. The van der Waals surface area contributed by atoms with Gasteiger partial charge in [-0.3, -0.25) is 0 Å². The fraction of sp³-hybridized carbons (Fsp3) is 0.500. The van der Waals surface area contributed by atoms with Crippen molar-refractivity contribution in [2.45, 2.75) is 12.8 Å². The summed E-state index contributed by atoms with van der Waals surface area (Å²) in [6.07, 6.45) is -4.49. The summed E-state index contributed by atoms with van der Waals surface area (Å²) in [5.41, 5.74) is -0.840. The van der Waals surface area contributed by atoms with Crippen LogP contribution in [0, 0.1) is 0 Å². The van der Waals surface area contributed by atoms with Gasteiger partial charge in [-0.25, -0.2) is 9.78 Å². The van der Waals surface area contributed by atoms with Gasteiger partial charge in [0.15, 0.2) is 0 Å². The SMILES string of the molecule is O=C(O)N1CCN(c2ncc(CO)cc2C(F)(F)F)CC1. The second kappa shape index (κ2) is 5.76. The minimum Gasteiger partial charge on any atom is -0.465 e. The molecule has 21 heavy (non-hydrogen) atoms. The number of hydrogen-bond donors (Lipinski definition) is 2. The van der Waals surface area contributed by atoms with Crippen molar-refractivity contribution in [3.63, 3.8) is 0 Å². The molecule has 1 fully saturated rings. The van der Waals surface area contributed by atoms with Crippen LogP contribution < -0.4 is 4.90 Å². The predicted molar refractivity (Wildman–Crippen MR) is 67.0 cm³/mol. The number of anilines is 1. The van der Waals surface area contributed by atoms with E-state index in [4.69, 9.17) is 10.2 Å². The topological polar surface area (TPSA) is 76.9 Å². The highest BCUT2D eigenvalue weighted by atomic mass is 19.4. The zero-order chi connectivity index (χ0) is 15.6. The maximum absolute atomic E-state index is 13.1. The molecule has 0 saturated carbocycles. The van der Waals surface area contributed by atoms with Crippen molar-refractivity contribution < 1.29 is 28.2 Å². The second-order valence-electron chi connectivity index (χ2n) is 4.63. The molecule has 2 heterocycles. The number of aliphatic hydroxyl groups excluding tert-OH is 1. The van der Waals surface area contributed by atoms with Crippen molar-refractivity contribution in [3.8, 4) is 0 Å². The standard InChI is InChI=1S/C12H14F3N3O3/c13-12(14,15)9-5-8(7-19)6-16-10(9)17-1-3-18(4-2-17)11(20)21/h5-6,19H,1-4,7H2,(H,20,21). The second-order valence-corrected chi connectivity index (χ2v) is 4.63. The summed E-state index contributed by atoms with van der Waals surface area (Å²) in [4.78, 5) is 17.1. The highest BCUT2D eigenvalue weighted by Gasteiger charge is 2.37. The van der Waals surface area contributed by atoms with E-state index in [0.29, 0.717) is 0 Å². The lowest BCUT2D eigenvalue weighted by Gasteiger charge is -2.35. The first-order chi connectivity index (χ1) is 9.82. The van der Waals surface area contributed by atoms with E-state index in [2.05, 4.69) is 4.98 Å². The monoisotopic (exact) mass is 305 g/mol. The average Bonchev–Trinajstić information content (AvgIpc) is 2.46. The number of alkyl halides is 3. The molecule has 0 bridgehead atoms. The number of aromatic nitrogens is 1. The Kier molecular flexibility index (Phi) is 4.21. The number of aliphatic hydroxyl groups is 1. The highest BCUT2D eigenvalue weighted by Crippen LogP contribution is 2.36. The van der Waals surface area contributed by atoms with Crippen LogP contribution >= 0.6 is 0 Å². The summed E-state index contributed by atoms with van der Waals surface area (Å²) in [6, 6.07) is 0.867. The van der Waals surface area contributed by atoms with Crippen molar-refractivity contribution in [1.29, 1.82) is 0 Å². The molecule has 0 aromatic carbocycles. The molecule has 0 atom stereocenters. The minimum atomic E-state index is -4.59. The summed E-state index contributed by atoms with van der Waals surface area (Å²) in [5, 5.41) is 17.8. The third kappa shape index (κ3) is 3.35. The van der Waals surface area contributed by atoms with Gasteiger partial charge in [-0.05, 0) is 11.6 Å². The lowest BCUT2D eigenvalue weighted by molar-refractivity contribution is -0.137. The van der Waals surface area contributed by atoms with E-state index in [1.54, 1.807) is 0 Å². The summed E-state index contributed by atoms with van der Waals surface area (Å²) in [7, 11) is 0. The lowest BCUT2D eigenvalue weighted by atomic mass is 10.1. The number of carboxylic acid groups (broad SMARTS) is 1. The molecule has 1 saturated heterocycles. The van der Waals surface area contributed by atoms with Crippen molar-refractivity contribution in [3.05, 3.63) is 23.4 Å². The quantitative estimate of drug-likeness (QED) is 0.863. The smallest absolute Gasteiger partial charge is 0.419 e. The fourth-order valence-electron chi connectivity index (χ4n) is 2.16. The van der Waals surface area contributed by atoms with E-state index < -0.39 is 24.4 Å². The van der Waals surface area contributed by atoms with E-state index >= 15 is 0 Å². The molecule has 1 aromatic heterocycles. The van der Waals surface area contributed by atoms with E-state index in [9.17, 15) is 18.0 Å². The van der Waals surface area contributed by atoms with Crippen LogP contribution in [0.25, 0.3) is 0 Å². The predicted octanol–water partition coefficient (Wildman–Crippen LogP) is 1.39. The van der Waals surface area contributed by atoms with Gasteiger partial charge in [0, 0.05) is 32.4 Å². The van der Waals surface area contributed by atoms with Crippen molar-refractivity contribution >= 4 is 11.9 Å². The molecular formula is C12H14F3N3O3. The Balaban J connectivity index is 2.26. The third-order valence-corrected chi connectivity index (χ3v) is 3.26. The Labute approximate surface area is 118 Å². The van der Waals surface area contributed by atoms with Crippen LogP contribution in [-0.4, -0.2) is 52.4 Å². The zero-order valence-electron chi connectivity index (χ0n) is 11.0. The van der Waals surface area contributed by atoms with Gasteiger partial charge in [0.2, 0.25) is 0 Å². The van der Waals surface area contributed by atoms with Gasteiger partial charge in [0.25, 0.3) is 0 Å². The minimum absolute atomic E-state index is 0.0789. The molecule has 0 unspecified atom stereocenters. The number of halogens is 3. The molecule has 2 N–H and O–H groups in total. The van der Waals surface area contributed by atoms with Crippen molar-refractivity contribution in [1.82, 2.24) is 9.88 Å². The normalized spacial score (nSPS) is 16.2. The molecule has 1 aromatic rings. The maximum atomic E-state index is 13.1. The van der Waals surface area contributed by atoms with Gasteiger partial charge in [-0.2, -0.15) is 13.2 Å². The zero-order valence-corrected chi connectivity index (χ0v) is 11.0. The Bertz CT molecular complexity index is 528. The summed E-state index contributed by atoms with van der Waals surface area (Å²) >= 11 is 0. The Morgan fingerprint density at radius 1 is 1.29 bits per heavy atom. The number of pyridine rings is 1. The molecule has 6 nitrogen and oxygen atoms in total. The van der Waals surface area contributed by atoms with E-state index in [1.807, 2.05) is 0 Å². The van der Waals surface area contributed by atoms with Crippen LogP contribution in [0.4, 0.5) is 23.8 Å². The van der Waals surface area contributed by atoms with Gasteiger partial charge < -0.3 is 20.0 Å². The first-order valence-corrected chi connectivity index (χ1v) is 6.22. The van der Waals surface area contributed by atoms with Crippen molar-refractivity contribution in [2.24, 2.45) is 0 Å². The van der Waals surface area contributed by atoms with Crippen molar-refractivity contribution in [2.75, 3.05) is 31.1 Å². The van der Waals surface area contributed by atoms with E-state index in [1.165, 1.54) is 11.1 Å². The summed E-state index contributed by atoms with van der Waals surface area (Å²) in [6.45, 7) is -0.00300. The number of rotatable bonds is 2. The molecule has 0 aliphatic carbocycles. The average molecular weight is 305 g/mol. The first kappa shape index (κ1) is 15.4. The van der Waals surface area contributed by atoms with Crippen LogP contribution in [0.1, 0.15) is 11.1 Å². The van der Waals surface area contributed by atoms with Gasteiger partial charge >= 0.3 is 12.3 Å². The summed E-state index contributed by atoms with van der Waals surface area (Å²) in [5.74, 6) is -0.232. The molecule has 1 aliphatic heterocycles. The molecule has 1 amide bonds. The van der Waals surface area contributed by atoms with Crippen LogP contribution in [0.5, 0.6) is 0 Å². The van der Waals surface area contributed by atoms with Crippen LogP contribution in [0.3, 0.4) is 0 Å². The Morgan fingerprint density at radius 3 is 2.38 bits per heavy atom. The van der Waals surface area contributed by atoms with Gasteiger partial charge in [-0.1, -0.05) is 0 Å². The molecule has 1 aliphatic rings. The number of piperazine rings is 1. The highest BCUT2D eigenvalue weighted by molar-refractivity contribution is 5.65. The molecule has 0 radical (unpaired) electrons. The summed E-state index contributed by atoms with van der Waals surface area (Å²) < 4.78 is 39.2. The number of hydrogen-bond acceptors (Lipinski definition) is 4. The van der Waals surface area contributed by atoms with Gasteiger partial charge in [0.05, 0.1) is 12.2 Å². The molecule has 2 rings (SSSR count). The van der Waals surface area contributed by atoms with E-state index in [0.717, 1.165) is 11.0 Å². The fourth-order valence-corrected chi connectivity index (χ4v) is 2.16. The van der Waals surface area contributed by atoms with E-state index in [-0.39, 0.29) is 37.6 Å². The van der Waals surface area contributed by atoms with Crippen LogP contribution in [0.2, 0.25) is 0 Å². The number of carbonyl (C=O) groups is 1. The largest absolute Gasteiger partial charge is 0.465 e. The molecule has 0 spiro atoms. The molecular weight excluding hydrogens is 291 g/mol. The number of amides is 1.